The Labute approximate surface area is 173 Å². The van der Waals surface area contributed by atoms with Crippen molar-refractivity contribution >= 4 is 11.8 Å². The highest BCUT2D eigenvalue weighted by molar-refractivity contribution is 5.83. The van der Waals surface area contributed by atoms with Crippen LogP contribution in [0.1, 0.15) is 38.7 Å². The largest absolute Gasteiger partial charge is 0.497 e. The van der Waals surface area contributed by atoms with Gasteiger partial charge in [0, 0.05) is 51.2 Å². The number of nitrogens with zero attached hydrogens (tertiary/aromatic N) is 2. The van der Waals surface area contributed by atoms with Gasteiger partial charge in [-0.2, -0.15) is 0 Å². The normalized spacial score (nSPS) is 24.1. The fraction of sp³-hybridized carbons (Fsp3) is 0.636. The van der Waals surface area contributed by atoms with Crippen LogP contribution >= 0.6 is 0 Å². The molecule has 3 rings (SSSR count). The maximum absolute atomic E-state index is 12.4. The number of ether oxygens (including phenoxy) is 1. The Morgan fingerprint density at radius 2 is 2.00 bits per heavy atom. The van der Waals surface area contributed by atoms with Crippen LogP contribution < -0.4 is 15.4 Å². The molecule has 3 unspecified atom stereocenters. The van der Waals surface area contributed by atoms with E-state index in [2.05, 4.69) is 27.7 Å². The molecule has 2 saturated heterocycles. The maximum Gasteiger partial charge on any atom is 0.237 e. The minimum absolute atomic E-state index is 0.0920. The third-order valence-electron chi connectivity index (χ3n) is 6.18. The number of carbonyl (C=O) groups excluding carboxylic acids is 2. The summed E-state index contributed by atoms with van der Waals surface area (Å²) in [5.41, 5.74) is 1.20. The highest BCUT2D eigenvalue weighted by Gasteiger charge is 2.43. The molecule has 2 aliphatic rings. The molecule has 0 aliphatic carbocycles. The van der Waals surface area contributed by atoms with Crippen molar-refractivity contribution in [2.24, 2.45) is 0 Å². The van der Waals surface area contributed by atoms with Crippen molar-refractivity contribution < 1.29 is 14.3 Å². The molecule has 0 radical (unpaired) electrons. The Hall–Kier alpha value is -2.12. The molecule has 0 spiro atoms. The Bertz CT molecular complexity index is 690. The smallest absolute Gasteiger partial charge is 0.237 e. The molecule has 0 aromatic heterocycles. The first-order valence-electron chi connectivity index (χ1n) is 10.7. The SMILES string of the molecule is CCN(CC)C(=O)CCC1CNC(=O)C2CC(NCc3ccc(OC)cc3)CN12. The number of piperazine rings is 1. The zero-order chi connectivity index (χ0) is 20.8. The number of fused-ring (bicyclic) bond motifs is 1. The second-order valence-corrected chi connectivity index (χ2v) is 7.88. The summed E-state index contributed by atoms with van der Waals surface area (Å²) in [5.74, 6) is 1.17. The van der Waals surface area contributed by atoms with Crippen molar-refractivity contribution in [2.45, 2.75) is 57.8 Å². The number of benzene rings is 1. The standard InChI is InChI=1S/C22H34N4O3/c1-4-25(5-2)21(27)11-8-18-14-24-22(28)20-12-17(15-26(18)20)23-13-16-6-9-19(29-3)10-7-16/h6-7,9-10,17-18,20,23H,4-5,8,11-15H2,1-3H3,(H,24,28). The Kier molecular flexibility index (Phi) is 7.50. The lowest BCUT2D eigenvalue weighted by atomic mass is 10.0. The van der Waals surface area contributed by atoms with Crippen LogP contribution in [0.15, 0.2) is 24.3 Å². The zero-order valence-electron chi connectivity index (χ0n) is 17.8. The van der Waals surface area contributed by atoms with Gasteiger partial charge in [-0.15, -0.1) is 0 Å². The van der Waals surface area contributed by atoms with Crippen molar-refractivity contribution in [3.63, 3.8) is 0 Å². The van der Waals surface area contributed by atoms with Crippen LogP contribution in [-0.2, 0) is 16.1 Å². The molecule has 2 N–H and O–H groups in total. The molecule has 2 fully saturated rings. The molecule has 29 heavy (non-hydrogen) atoms. The van der Waals surface area contributed by atoms with Crippen LogP contribution in [-0.4, -0.2) is 73.0 Å². The molecule has 2 aliphatic heterocycles. The first-order chi connectivity index (χ1) is 14.0. The predicted molar refractivity (Wildman–Crippen MR) is 113 cm³/mol. The number of nitrogens with one attached hydrogen (secondary N) is 2. The van der Waals surface area contributed by atoms with Crippen molar-refractivity contribution in [1.29, 1.82) is 0 Å². The van der Waals surface area contributed by atoms with E-state index in [1.807, 2.05) is 30.9 Å². The van der Waals surface area contributed by atoms with Crippen molar-refractivity contribution in [3.05, 3.63) is 29.8 Å². The van der Waals surface area contributed by atoms with Gasteiger partial charge in [-0.25, -0.2) is 0 Å². The van der Waals surface area contributed by atoms with Crippen LogP contribution in [0.2, 0.25) is 0 Å². The summed E-state index contributed by atoms with van der Waals surface area (Å²) in [6.45, 7) is 7.77. The lowest BCUT2D eigenvalue weighted by Gasteiger charge is -2.37. The molecule has 1 aromatic rings. The average Bonchev–Trinajstić information content (AvgIpc) is 3.18. The fourth-order valence-corrected chi connectivity index (χ4v) is 4.42. The summed E-state index contributed by atoms with van der Waals surface area (Å²) in [7, 11) is 1.67. The summed E-state index contributed by atoms with van der Waals surface area (Å²) < 4.78 is 5.21. The number of rotatable bonds is 9. The number of hydrogen-bond donors (Lipinski definition) is 2. The third-order valence-corrected chi connectivity index (χ3v) is 6.18. The van der Waals surface area contributed by atoms with Crippen molar-refractivity contribution in [3.8, 4) is 5.75 Å². The zero-order valence-corrected chi connectivity index (χ0v) is 17.8. The molecule has 7 heteroatoms. The van der Waals surface area contributed by atoms with Gasteiger partial charge in [-0.3, -0.25) is 14.5 Å². The van der Waals surface area contributed by atoms with E-state index < -0.39 is 0 Å². The van der Waals surface area contributed by atoms with E-state index in [0.29, 0.717) is 13.0 Å². The quantitative estimate of drug-likeness (QED) is 0.653. The monoisotopic (exact) mass is 402 g/mol. The van der Waals surface area contributed by atoms with Crippen LogP contribution in [0.25, 0.3) is 0 Å². The van der Waals surface area contributed by atoms with E-state index in [-0.39, 0.29) is 29.9 Å². The molecule has 2 heterocycles. The molecule has 0 bridgehead atoms. The number of methoxy groups -OCH3 is 1. The number of hydrogen-bond acceptors (Lipinski definition) is 5. The molecule has 3 atom stereocenters. The lowest BCUT2D eigenvalue weighted by Crippen LogP contribution is -2.58. The maximum atomic E-state index is 12.4. The van der Waals surface area contributed by atoms with Gasteiger partial charge < -0.3 is 20.3 Å². The van der Waals surface area contributed by atoms with Crippen LogP contribution in [0.4, 0.5) is 0 Å². The van der Waals surface area contributed by atoms with Crippen LogP contribution in [0.5, 0.6) is 5.75 Å². The molecular formula is C22H34N4O3. The highest BCUT2D eigenvalue weighted by atomic mass is 16.5. The molecule has 7 nitrogen and oxygen atoms in total. The first-order valence-corrected chi connectivity index (χ1v) is 10.7. The summed E-state index contributed by atoms with van der Waals surface area (Å²) in [6, 6.07) is 8.45. The predicted octanol–water partition coefficient (Wildman–Crippen LogP) is 1.37. The van der Waals surface area contributed by atoms with Crippen LogP contribution in [0.3, 0.4) is 0 Å². The topological polar surface area (TPSA) is 73.9 Å². The first kappa shape index (κ1) is 21.6. The van der Waals surface area contributed by atoms with E-state index in [1.54, 1.807) is 7.11 Å². The van der Waals surface area contributed by atoms with Gasteiger partial charge in [0.05, 0.1) is 13.2 Å². The van der Waals surface area contributed by atoms with E-state index in [0.717, 1.165) is 44.8 Å². The summed E-state index contributed by atoms with van der Waals surface area (Å²) in [4.78, 5) is 28.9. The van der Waals surface area contributed by atoms with Gasteiger partial charge in [0.2, 0.25) is 11.8 Å². The molecule has 1 aromatic carbocycles. The van der Waals surface area contributed by atoms with E-state index in [4.69, 9.17) is 4.74 Å². The van der Waals surface area contributed by atoms with E-state index in [9.17, 15) is 9.59 Å². The average molecular weight is 403 g/mol. The number of carbonyl (C=O) groups is 2. The minimum atomic E-state index is -0.0920. The Morgan fingerprint density at radius 3 is 2.66 bits per heavy atom. The Morgan fingerprint density at radius 1 is 1.28 bits per heavy atom. The second-order valence-electron chi connectivity index (χ2n) is 7.88. The van der Waals surface area contributed by atoms with Gasteiger partial charge in [0.1, 0.15) is 5.75 Å². The second kappa shape index (κ2) is 10.1. The van der Waals surface area contributed by atoms with E-state index in [1.165, 1.54) is 5.56 Å². The summed E-state index contributed by atoms with van der Waals surface area (Å²) >= 11 is 0. The third kappa shape index (κ3) is 5.28. The van der Waals surface area contributed by atoms with Crippen molar-refractivity contribution in [1.82, 2.24) is 20.4 Å². The minimum Gasteiger partial charge on any atom is -0.497 e. The molecule has 0 saturated carbocycles. The van der Waals surface area contributed by atoms with Gasteiger partial charge in [-0.05, 0) is 44.4 Å². The van der Waals surface area contributed by atoms with Crippen molar-refractivity contribution in [2.75, 3.05) is 33.3 Å². The van der Waals surface area contributed by atoms with E-state index >= 15 is 0 Å². The number of amides is 2. The van der Waals surface area contributed by atoms with Gasteiger partial charge in [0.15, 0.2) is 0 Å². The lowest BCUT2D eigenvalue weighted by molar-refractivity contribution is -0.132. The molecular weight excluding hydrogens is 368 g/mol. The highest BCUT2D eigenvalue weighted by Crippen LogP contribution is 2.26. The molecule has 2 amide bonds. The van der Waals surface area contributed by atoms with Gasteiger partial charge >= 0.3 is 0 Å². The summed E-state index contributed by atoms with van der Waals surface area (Å²) in [6.07, 6.45) is 2.13. The van der Waals surface area contributed by atoms with Crippen LogP contribution in [0, 0.1) is 0 Å². The Balaban J connectivity index is 1.53. The summed E-state index contributed by atoms with van der Waals surface area (Å²) in [5, 5.41) is 6.64. The van der Waals surface area contributed by atoms with Gasteiger partial charge in [-0.1, -0.05) is 12.1 Å². The van der Waals surface area contributed by atoms with Gasteiger partial charge in [0.25, 0.3) is 0 Å². The fourth-order valence-electron chi connectivity index (χ4n) is 4.42. The molecule has 160 valence electrons.